The Labute approximate surface area is 125 Å². The normalized spacial score (nSPS) is 14.4. The van der Waals surface area contributed by atoms with Gasteiger partial charge in [0.25, 0.3) is 0 Å². The Balaban J connectivity index is 1.98. The second kappa shape index (κ2) is 5.23. The van der Waals surface area contributed by atoms with E-state index in [1.54, 1.807) is 30.4 Å². The first-order chi connectivity index (χ1) is 9.15. The van der Waals surface area contributed by atoms with Gasteiger partial charge in [0.05, 0.1) is 5.38 Å². The van der Waals surface area contributed by atoms with Gasteiger partial charge in [-0.15, -0.1) is 11.6 Å². The fourth-order valence-corrected chi connectivity index (χ4v) is 4.29. The van der Waals surface area contributed by atoms with Crippen LogP contribution in [0.5, 0.6) is 0 Å². The summed E-state index contributed by atoms with van der Waals surface area (Å²) in [4.78, 5) is 16.8. The molecule has 0 saturated heterocycles. The third-order valence-electron chi connectivity index (χ3n) is 2.88. The quantitative estimate of drug-likeness (QED) is 0.483. The molecule has 4 heteroatoms. The zero-order valence-corrected chi connectivity index (χ0v) is 12.6. The lowest BCUT2D eigenvalue weighted by molar-refractivity contribution is 0.0991. The van der Waals surface area contributed by atoms with Crippen molar-refractivity contribution in [1.82, 2.24) is 0 Å². The Morgan fingerprint density at radius 1 is 1.00 bits per heavy atom. The van der Waals surface area contributed by atoms with Crippen molar-refractivity contribution >= 4 is 40.9 Å². The molecule has 0 bridgehead atoms. The van der Waals surface area contributed by atoms with Crippen LogP contribution in [-0.4, -0.2) is 11.2 Å². The van der Waals surface area contributed by atoms with Crippen molar-refractivity contribution < 1.29 is 4.79 Å². The summed E-state index contributed by atoms with van der Waals surface area (Å²) in [6.45, 7) is 1.71. The summed E-state index contributed by atoms with van der Waals surface area (Å²) in [5, 5.41) is -0.480. The van der Waals surface area contributed by atoms with Gasteiger partial charge in [0, 0.05) is 25.1 Å². The molecule has 0 aromatic heterocycles. The number of hydrogen-bond donors (Lipinski definition) is 0. The van der Waals surface area contributed by atoms with Crippen LogP contribution in [0.4, 0.5) is 0 Å². The lowest BCUT2D eigenvalue weighted by Gasteiger charge is -2.18. The number of carbonyl (C=O) groups is 1. The summed E-state index contributed by atoms with van der Waals surface area (Å²) in [7, 11) is 0. The minimum atomic E-state index is -0.480. The van der Waals surface area contributed by atoms with Crippen LogP contribution >= 0.6 is 35.1 Å². The van der Waals surface area contributed by atoms with Crippen molar-refractivity contribution in [2.24, 2.45) is 0 Å². The highest BCUT2D eigenvalue weighted by atomic mass is 35.5. The SMILES string of the molecule is CC(Cl)C(=O)c1ccc2c(c1)Sc1ccccc1S2. The molecule has 3 rings (SSSR count). The molecule has 0 fully saturated rings. The Morgan fingerprint density at radius 2 is 1.58 bits per heavy atom. The Morgan fingerprint density at radius 3 is 2.21 bits per heavy atom. The first-order valence-electron chi connectivity index (χ1n) is 5.92. The van der Waals surface area contributed by atoms with E-state index in [1.807, 2.05) is 30.3 Å². The molecule has 0 radical (unpaired) electrons. The molecular formula is C15H11ClOS2. The molecular weight excluding hydrogens is 296 g/mol. The van der Waals surface area contributed by atoms with Crippen molar-refractivity contribution in [2.75, 3.05) is 0 Å². The predicted octanol–water partition coefficient (Wildman–Crippen LogP) is 5.11. The standard InChI is InChI=1S/C15H11ClOS2/c1-9(16)15(17)10-6-7-13-14(8-10)19-12-5-3-2-4-11(12)18-13/h2-9H,1H3. The molecule has 0 amide bonds. The van der Waals surface area contributed by atoms with E-state index in [0.29, 0.717) is 5.56 Å². The zero-order valence-electron chi connectivity index (χ0n) is 10.2. The number of alkyl halides is 1. The van der Waals surface area contributed by atoms with E-state index in [0.717, 1.165) is 4.90 Å². The Kier molecular flexibility index (Phi) is 3.61. The van der Waals surface area contributed by atoms with Crippen LogP contribution in [0.2, 0.25) is 0 Å². The van der Waals surface area contributed by atoms with Gasteiger partial charge in [0.2, 0.25) is 0 Å². The van der Waals surface area contributed by atoms with Gasteiger partial charge in [0.1, 0.15) is 0 Å². The largest absolute Gasteiger partial charge is 0.293 e. The average molecular weight is 307 g/mol. The second-order valence-corrected chi connectivity index (χ2v) is 7.11. The van der Waals surface area contributed by atoms with Crippen molar-refractivity contribution in [3.05, 3.63) is 48.0 Å². The monoisotopic (exact) mass is 306 g/mol. The second-order valence-electron chi connectivity index (χ2n) is 4.29. The van der Waals surface area contributed by atoms with Crippen LogP contribution in [0.1, 0.15) is 17.3 Å². The maximum absolute atomic E-state index is 11.9. The molecule has 19 heavy (non-hydrogen) atoms. The highest BCUT2D eigenvalue weighted by molar-refractivity contribution is 8.05. The van der Waals surface area contributed by atoms with Gasteiger partial charge in [-0.2, -0.15) is 0 Å². The van der Waals surface area contributed by atoms with E-state index < -0.39 is 5.38 Å². The molecule has 2 aromatic rings. The van der Waals surface area contributed by atoms with E-state index in [1.165, 1.54) is 14.7 Å². The number of fused-ring (bicyclic) bond motifs is 2. The van der Waals surface area contributed by atoms with E-state index in [4.69, 9.17) is 11.6 Å². The summed E-state index contributed by atoms with van der Waals surface area (Å²) >= 11 is 9.32. The number of rotatable bonds is 2. The molecule has 1 unspecified atom stereocenters. The number of carbonyl (C=O) groups excluding carboxylic acids is 1. The van der Waals surface area contributed by atoms with Gasteiger partial charge in [-0.25, -0.2) is 0 Å². The smallest absolute Gasteiger partial charge is 0.180 e. The third kappa shape index (κ3) is 2.55. The van der Waals surface area contributed by atoms with Crippen LogP contribution in [0.25, 0.3) is 0 Å². The number of hydrogen-bond acceptors (Lipinski definition) is 3. The third-order valence-corrected chi connectivity index (χ3v) is 5.62. The summed E-state index contributed by atoms with van der Waals surface area (Å²) in [6, 6.07) is 14.1. The van der Waals surface area contributed by atoms with Crippen LogP contribution in [-0.2, 0) is 0 Å². The van der Waals surface area contributed by atoms with E-state index in [9.17, 15) is 4.79 Å². The molecule has 0 N–H and O–H groups in total. The molecule has 1 atom stereocenters. The van der Waals surface area contributed by atoms with Crippen LogP contribution in [0.3, 0.4) is 0 Å². The van der Waals surface area contributed by atoms with Crippen molar-refractivity contribution in [2.45, 2.75) is 31.9 Å². The van der Waals surface area contributed by atoms with Crippen LogP contribution < -0.4 is 0 Å². The summed E-state index contributed by atoms with van der Waals surface area (Å²) in [5.41, 5.74) is 0.689. The molecule has 0 saturated carbocycles. The van der Waals surface area contributed by atoms with Gasteiger partial charge < -0.3 is 0 Å². The molecule has 1 aliphatic rings. The molecule has 2 aromatic carbocycles. The van der Waals surface area contributed by atoms with E-state index >= 15 is 0 Å². The first kappa shape index (κ1) is 13.1. The van der Waals surface area contributed by atoms with E-state index in [2.05, 4.69) is 12.1 Å². The summed E-state index contributed by atoms with van der Waals surface area (Å²) < 4.78 is 0. The zero-order chi connectivity index (χ0) is 13.4. The highest BCUT2D eigenvalue weighted by Crippen LogP contribution is 2.48. The highest BCUT2D eigenvalue weighted by Gasteiger charge is 2.19. The molecule has 1 heterocycles. The van der Waals surface area contributed by atoms with Crippen LogP contribution in [0.15, 0.2) is 62.0 Å². The lowest BCUT2D eigenvalue weighted by atomic mass is 10.1. The summed E-state index contributed by atoms with van der Waals surface area (Å²) in [5.74, 6) is -0.0195. The van der Waals surface area contributed by atoms with E-state index in [-0.39, 0.29) is 5.78 Å². The topological polar surface area (TPSA) is 17.1 Å². The van der Waals surface area contributed by atoms with Gasteiger partial charge in [-0.05, 0) is 31.2 Å². The van der Waals surface area contributed by atoms with Crippen molar-refractivity contribution in [3.63, 3.8) is 0 Å². The predicted molar refractivity (Wildman–Crippen MR) is 80.8 cm³/mol. The Hall–Kier alpha value is -0.900. The van der Waals surface area contributed by atoms with Gasteiger partial charge >= 0.3 is 0 Å². The lowest BCUT2D eigenvalue weighted by Crippen LogP contribution is -2.10. The number of halogens is 1. The Bertz CT molecular complexity index is 652. The molecule has 0 spiro atoms. The van der Waals surface area contributed by atoms with Crippen molar-refractivity contribution in [3.8, 4) is 0 Å². The first-order valence-corrected chi connectivity index (χ1v) is 7.99. The van der Waals surface area contributed by atoms with Crippen LogP contribution in [0, 0.1) is 0 Å². The average Bonchev–Trinajstić information content (AvgIpc) is 2.43. The van der Waals surface area contributed by atoms with Gasteiger partial charge in [-0.1, -0.05) is 41.7 Å². The van der Waals surface area contributed by atoms with Gasteiger partial charge in [0.15, 0.2) is 5.78 Å². The maximum atomic E-state index is 11.9. The molecule has 0 aliphatic carbocycles. The fourth-order valence-electron chi connectivity index (χ4n) is 1.91. The minimum absolute atomic E-state index is 0.0195. The molecule has 1 nitrogen and oxygen atoms in total. The number of Topliss-reactive ketones (excluding diaryl/α,β-unsaturated/α-hetero) is 1. The molecule has 1 aliphatic heterocycles. The number of ketones is 1. The minimum Gasteiger partial charge on any atom is -0.293 e. The van der Waals surface area contributed by atoms with Crippen molar-refractivity contribution in [1.29, 1.82) is 0 Å². The van der Waals surface area contributed by atoms with Gasteiger partial charge in [-0.3, -0.25) is 4.79 Å². The fraction of sp³-hybridized carbons (Fsp3) is 0.133. The summed E-state index contributed by atoms with van der Waals surface area (Å²) in [6.07, 6.45) is 0. The molecule has 96 valence electrons. The maximum Gasteiger partial charge on any atom is 0.180 e. The number of benzene rings is 2.